The molecule has 0 bridgehead atoms. The molecule has 2 heterocycles. The lowest BCUT2D eigenvalue weighted by Crippen LogP contribution is -2.50. The summed E-state index contributed by atoms with van der Waals surface area (Å²) in [4.78, 5) is 33.2. The van der Waals surface area contributed by atoms with Gasteiger partial charge in [-0.3, -0.25) is 14.5 Å². The number of anilines is 1. The smallest absolute Gasteiger partial charge is 0.257 e. The zero-order valence-corrected chi connectivity index (χ0v) is 18.2. The molecular weight excluding hydrogens is 429 g/mol. The Hall–Kier alpha value is -3.79. The first-order valence-electron chi connectivity index (χ1n) is 10.6. The van der Waals surface area contributed by atoms with Crippen molar-refractivity contribution in [2.45, 2.75) is 13.5 Å². The minimum absolute atomic E-state index is 0.0958. The van der Waals surface area contributed by atoms with Crippen molar-refractivity contribution in [3.63, 3.8) is 0 Å². The molecule has 2 amide bonds. The topological polar surface area (TPSA) is 101 Å². The van der Waals surface area contributed by atoms with Crippen LogP contribution < -0.4 is 10.1 Å². The summed E-state index contributed by atoms with van der Waals surface area (Å²) in [5.74, 6) is 0.628. The molecule has 1 aliphatic rings. The number of rotatable bonds is 7. The van der Waals surface area contributed by atoms with E-state index in [1.54, 1.807) is 36.1 Å². The number of nitrogens with zero attached hydrogens (tertiary/aromatic N) is 4. The van der Waals surface area contributed by atoms with Gasteiger partial charge in [-0.05, 0) is 36.4 Å². The maximum absolute atomic E-state index is 13.1. The fraction of sp³-hybridized carbons (Fsp3) is 0.304. The molecule has 9 nitrogen and oxygen atoms in total. The van der Waals surface area contributed by atoms with Gasteiger partial charge in [0.1, 0.15) is 11.6 Å². The predicted molar refractivity (Wildman–Crippen MR) is 117 cm³/mol. The molecule has 1 aromatic heterocycles. The van der Waals surface area contributed by atoms with Crippen LogP contribution in [-0.4, -0.2) is 64.5 Å². The Morgan fingerprint density at radius 2 is 1.82 bits per heavy atom. The molecule has 10 heteroatoms. The van der Waals surface area contributed by atoms with E-state index in [0.29, 0.717) is 54.9 Å². The summed E-state index contributed by atoms with van der Waals surface area (Å²) in [5, 5.41) is 6.55. The molecule has 0 unspecified atom stereocenters. The predicted octanol–water partition coefficient (Wildman–Crippen LogP) is 2.49. The molecule has 1 aliphatic heterocycles. The zero-order chi connectivity index (χ0) is 23.2. The molecule has 2 aromatic carbocycles. The Labute approximate surface area is 190 Å². The summed E-state index contributed by atoms with van der Waals surface area (Å²) < 4.78 is 23.7. The molecule has 1 saturated heterocycles. The highest BCUT2D eigenvalue weighted by Crippen LogP contribution is 2.22. The van der Waals surface area contributed by atoms with Gasteiger partial charge in [0.2, 0.25) is 17.6 Å². The number of aryl methyl sites for hydroxylation is 1. The van der Waals surface area contributed by atoms with Crippen molar-refractivity contribution in [2.75, 3.05) is 38.0 Å². The number of hydrogen-bond acceptors (Lipinski definition) is 7. The number of nitrogens with one attached hydrogen (secondary N) is 1. The number of aromatic nitrogens is 2. The summed E-state index contributed by atoms with van der Waals surface area (Å²) in [6.45, 7) is 4.09. The van der Waals surface area contributed by atoms with Crippen LogP contribution in [-0.2, 0) is 11.4 Å². The Morgan fingerprint density at radius 3 is 2.52 bits per heavy atom. The van der Waals surface area contributed by atoms with E-state index < -0.39 is 0 Å². The molecule has 33 heavy (non-hydrogen) atoms. The Balaban J connectivity index is 1.29. The number of carbonyl (C=O) groups is 2. The van der Waals surface area contributed by atoms with Gasteiger partial charge >= 0.3 is 0 Å². The number of carbonyl (C=O) groups excluding carboxylic acids is 2. The third kappa shape index (κ3) is 5.92. The maximum Gasteiger partial charge on any atom is 0.257 e. The highest BCUT2D eigenvalue weighted by atomic mass is 19.1. The summed E-state index contributed by atoms with van der Waals surface area (Å²) in [6, 6.07) is 12.7. The summed E-state index contributed by atoms with van der Waals surface area (Å²) in [5.41, 5.74) is 1.00. The second-order valence-corrected chi connectivity index (χ2v) is 7.64. The largest absolute Gasteiger partial charge is 0.485 e. The first-order valence-corrected chi connectivity index (χ1v) is 10.6. The van der Waals surface area contributed by atoms with Gasteiger partial charge in [0.05, 0.1) is 12.1 Å². The van der Waals surface area contributed by atoms with E-state index in [2.05, 4.69) is 15.5 Å². The third-order valence-corrected chi connectivity index (χ3v) is 5.20. The second kappa shape index (κ2) is 10.2. The van der Waals surface area contributed by atoms with Crippen molar-refractivity contribution < 1.29 is 23.2 Å². The van der Waals surface area contributed by atoms with E-state index in [4.69, 9.17) is 9.26 Å². The van der Waals surface area contributed by atoms with Crippen LogP contribution in [0.4, 0.5) is 10.1 Å². The summed E-state index contributed by atoms with van der Waals surface area (Å²) in [7, 11) is 0. The summed E-state index contributed by atoms with van der Waals surface area (Å²) >= 11 is 0. The van der Waals surface area contributed by atoms with Crippen molar-refractivity contribution in [3.05, 3.63) is 71.6 Å². The number of ether oxygens (including phenoxy) is 1. The molecule has 0 radical (unpaired) electrons. The van der Waals surface area contributed by atoms with Crippen LogP contribution in [0.15, 0.2) is 53.1 Å². The van der Waals surface area contributed by atoms with Gasteiger partial charge in [-0.15, -0.1) is 0 Å². The maximum atomic E-state index is 13.1. The van der Waals surface area contributed by atoms with Gasteiger partial charge in [-0.1, -0.05) is 17.3 Å². The first-order chi connectivity index (χ1) is 16.0. The quantitative estimate of drug-likeness (QED) is 0.587. The lowest BCUT2D eigenvalue weighted by molar-refractivity contribution is -0.117. The fourth-order valence-corrected chi connectivity index (χ4v) is 3.53. The molecule has 3 aromatic rings. The van der Waals surface area contributed by atoms with Gasteiger partial charge in [0.15, 0.2) is 6.61 Å². The molecule has 4 rings (SSSR count). The molecule has 0 aliphatic carbocycles. The number of benzene rings is 2. The van der Waals surface area contributed by atoms with Crippen LogP contribution >= 0.6 is 0 Å². The van der Waals surface area contributed by atoms with Crippen molar-refractivity contribution >= 4 is 17.5 Å². The van der Waals surface area contributed by atoms with Crippen LogP contribution in [0.25, 0.3) is 0 Å². The Bertz CT molecular complexity index is 1110. The molecule has 1 N–H and O–H groups in total. The van der Waals surface area contributed by atoms with Crippen molar-refractivity contribution in [1.29, 1.82) is 0 Å². The highest BCUT2D eigenvalue weighted by Gasteiger charge is 2.25. The fourth-order valence-electron chi connectivity index (χ4n) is 3.53. The minimum Gasteiger partial charge on any atom is -0.485 e. The summed E-state index contributed by atoms with van der Waals surface area (Å²) in [6.07, 6.45) is 0. The first kappa shape index (κ1) is 22.4. The van der Waals surface area contributed by atoms with Gasteiger partial charge < -0.3 is 19.5 Å². The molecule has 0 saturated carbocycles. The van der Waals surface area contributed by atoms with Gasteiger partial charge in [-0.25, -0.2) is 4.39 Å². The van der Waals surface area contributed by atoms with Gasteiger partial charge in [0.25, 0.3) is 5.91 Å². The molecule has 0 spiro atoms. The Kier molecular flexibility index (Phi) is 6.94. The van der Waals surface area contributed by atoms with E-state index in [0.717, 1.165) is 0 Å². The molecule has 1 fully saturated rings. The normalized spacial score (nSPS) is 14.2. The van der Waals surface area contributed by atoms with E-state index in [-0.39, 0.29) is 30.8 Å². The van der Waals surface area contributed by atoms with Gasteiger partial charge in [0, 0.05) is 38.8 Å². The molecule has 172 valence electrons. The monoisotopic (exact) mass is 453 g/mol. The minimum atomic E-state index is -0.356. The van der Waals surface area contributed by atoms with Crippen LogP contribution in [0.2, 0.25) is 0 Å². The van der Waals surface area contributed by atoms with Crippen LogP contribution in [0.1, 0.15) is 22.1 Å². The lowest BCUT2D eigenvalue weighted by Gasteiger charge is -2.34. The standard InChI is InChI=1S/C23H24FN5O4/c1-16-25-21(27-33-16)15-32-20-5-3-2-4-19(20)23(31)29-12-10-28(11-13-29)14-22(30)26-18-8-6-17(24)7-9-18/h2-9H,10-15H2,1H3,(H,26,30). The van der Waals surface area contributed by atoms with Crippen LogP contribution in [0.3, 0.4) is 0 Å². The third-order valence-electron chi connectivity index (χ3n) is 5.20. The zero-order valence-electron chi connectivity index (χ0n) is 18.2. The number of para-hydroxylation sites is 1. The van der Waals surface area contributed by atoms with E-state index in [1.807, 2.05) is 4.90 Å². The van der Waals surface area contributed by atoms with Crippen LogP contribution in [0.5, 0.6) is 5.75 Å². The number of piperazine rings is 1. The van der Waals surface area contributed by atoms with Crippen molar-refractivity contribution in [1.82, 2.24) is 19.9 Å². The lowest BCUT2D eigenvalue weighted by atomic mass is 10.1. The Morgan fingerprint density at radius 1 is 1.09 bits per heavy atom. The van der Waals surface area contributed by atoms with E-state index in [9.17, 15) is 14.0 Å². The van der Waals surface area contributed by atoms with Gasteiger partial charge in [-0.2, -0.15) is 4.98 Å². The van der Waals surface area contributed by atoms with E-state index >= 15 is 0 Å². The average molecular weight is 453 g/mol. The average Bonchev–Trinajstić information content (AvgIpc) is 3.24. The van der Waals surface area contributed by atoms with E-state index in [1.165, 1.54) is 24.3 Å². The SMILES string of the molecule is Cc1nc(COc2ccccc2C(=O)N2CCN(CC(=O)Nc3ccc(F)cc3)CC2)no1. The number of halogens is 1. The number of hydrogen-bond donors (Lipinski definition) is 1. The number of amides is 2. The second-order valence-electron chi connectivity index (χ2n) is 7.64. The molecule has 0 atom stereocenters. The highest BCUT2D eigenvalue weighted by molar-refractivity contribution is 5.97. The van der Waals surface area contributed by atoms with Crippen LogP contribution in [0, 0.1) is 12.7 Å². The van der Waals surface area contributed by atoms with Crippen molar-refractivity contribution in [3.8, 4) is 5.75 Å². The molecular formula is C23H24FN5O4. The van der Waals surface area contributed by atoms with Crippen molar-refractivity contribution in [2.24, 2.45) is 0 Å².